The van der Waals surface area contributed by atoms with Crippen molar-refractivity contribution < 1.29 is 0 Å². The number of nitrogens with two attached hydrogens (primary N) is 1. The first kappa shape index (κ1) is 12.3. The monoisotopic (exact) mass is 331 g/mol. The molecule has 3 rings (SSSR count). The van der Waals surface area contributed by atoms with Crippen LogP contribution in [0.15, 0.2) is 53.1 Å². The van der Waals surface area contributed by atoms with Crippen LogP contribution in [0.1, 0.15) is 5.56 Å². The SMILES string of the molecule is NC(=S)c1ccc(-n2ncc3ccccc32)cc1Br. The largest absolute Gasteiger partial charge is 0.389 e. The van der Waals surface area contributed by atoms with E-state index < -0.39 is 0 Å². The summed E-state index contributed by atoms with van der Waals surface area (Å²) in [7, 11) is 0. The van der Waals surface area contributed by atoms with Crippen molar-refractivity contribution in [1.82, 2.24) is 9.78 Å². The second kappa shape index (κ2) is 4.75. The third-order valence-electron chi connectivity index (χ3n) is 2.94. The van der Waals surface area contributed by atoms with E-state index >= 15 is 0 Å². The Bertz CT molecular complexity index is 779. The highest BCUT2D eigenvalue weighted by molar-refractivity contribution is 9.10. The van der Waals surface area contributed by atoms with Crippen molar-refractivity contribution in [2.45, 2.75) is 0 Å². The Morgan fingerprint density at radius 3 is 2.74 bits per heavy atom. The number of para-hydroxylation sites is 1. The van der Waals surface area contributed by atoms with Gasteiger partial charge in [0.2, 0.25) is 0 Å². The lowest BCUT2D eigenvalue weighted by atomic mass is 10.2. The Morgan fingerprint density at radius 1 is 1.21 bits per heavy atom. The molecule has 0 aliphatic rings. The van der Waals surface area contributed by atoms with Crippen molar-refractivity contribution >= 4 is 44.0 Å². The second-order valence-corrected chi connectivity index (χ2v) is 5.44. The first-order valence-electron chi connectivity index (χ1n) is 5.69. The van der Waals surface area contributed by atoms with E-state index in [0.29, 0.717) is 4.99 Å². The molecule has 2 N–H and O–H groups in total. The van der Waals surface area contributed by atoms with Crippen molar-refractivity contribution in [3.63, 3.8) is 0 Å². The first-order chi connectivity index (χ1) is 9.16. The van der Waals surface area contributed by atoms with E-state index in [0.717, 1.165) is 26.6 Å². The van der Waals surface area contributed by atoms with Crippen LogP contribution in [0.25, 0.3) is 16.6 Å². The van der Waals surface area contributed by atoms with Gasteiger partial charge in [-0.3, -0.25) is 0 Å². The summed E-state index contributed by atoms with van der Waals surface area (Å²) in [6, 6.07) is 13.9. The molecule has 0 atom stereocenters. The average Bonchev–Trinajstić information content (AvgIpc) is 2.82. The fourth-order valence-electron chi connectivity index (χ4n) is 2.01. The molecule has 0 unspecified atom stereocenters. The van der Waals surface area contributed by atoms with Crippen molar-refractivity contribution in [2.75, 3.05) is 0 Å². The summed E-state index contributed by atoms with van der Waals surface area (Å²) in [5, 5.41) is 5.52. The Balaban J connectivity index is 2.17. The van der Waals surface area contributed by atoms with Gasteiger partial charge in [0.25, 0.3) is 0 Å². The van der Waals surface area contributed by atoms with Gasteiger partial charge < -0.3 is 5.73 Å². The number of aromatic nitrogens is 2. The van der Waals surface area contributed by atoms with Gasteiger partial charge in [-0.15, -0.1) is 0 Å². The summed E-state index contributed by atoms with van der Waals surface area (Å²) in [6.45, 7) is 0. The van der Waals surface area contributed by atoms with Crippen LogP contribution in [-0.4, -0.2) is 14.8 Å². The van der Waals surface area contributed by atoms with Gasteiger partial charge in [-0.2, -0.15) is 5.10 Å². The van der Waals surface area contributed by atoms with Gasteiger partial charge in [-0.1, -0.05) is 30.4 Å². The number of thiocarbonyl (C=S) groups is 1. The highest BCUT2D eigenvalue weighted by Gasteiger charge is 2.08. The number of hydrogen-bond acceptors (Lipinski definition) is 2. The number of nitrogens with zero attached hydrogens (tertiary/aromatic N) is 2. The maximum atomic E-state index is 5.65. The normalized spacial score (nSPS) is 10.8. The van der Waals surface area contributed by atoms with E-state index in [4.69, 9.17) is 18.0 Å². The lowest BCUT2D eigenvalue weighted by Gasteiger charge is -2.07. The van der Waals surface area contributed by atoms with Crippen LogP contribution in [0.4, 0.5) is 0 Å². The molecular weight excluding hydrogens is 322 g/mol. The summed E-state index contributed by atoms with van der Waals surface area (Å²) in [4.78, 5) is 0.378. The van der Waals surface area contributed by atoms with E-state index in [-0.39, 0.29) is 0 Å². The maximum absolute atomic E-state index is 5.65. The molecular formula is C14H10BrN3S. The van der Waals surface area contributed by atoms with E-state index in [1.165, 1.54) is 0 Å². The molecule has 1 heterocycles. The number of fused-ring (bicyclic) bond motifs is 1. The smallest absolute Gasteiger partial charge is 0.105 e. The first-order valence-corrected chi connectivity index (χ1v) is 6.89. The van der Waals surface area contributed by atoms with Crippen LogP contribution in [-0.2, 0) is 0 Å². The molecule has 0 spiro atoms. The Morgan fingerprint density at radius 2 is 2.00 bits per heavy atom. The summed E-state index contributed by atoms with van der Waals surface area (Å²) < 4.78 is 2.76. The van der Waals surface area contributed by atoms with Crippen LogP contribution in [0, 0.1) is 0 Å². The molecule has 3 aromatic rings. The molecule has 94 valence electrons. The fourth-order valence-corrected chi connectivity index (χ4v) is 2.90. The predicted octanol–water partition coefficient (Wildman–Crippen LogP) is 3.42. The molecule has 3 nitrogen and oxygen atoms in total. The standard InChI is InChI=1S/C14H10BrN3S/c15-12-7-10(5-6-11(12)14(16)19)18-13-4-2-1-3-9(13)8-17-18/h1-8H,(H2,16,19). The Labute approximate surface area is 124 Å². The summed E-state index contributed by atoms with van der Waals surface area (Å²) in [6.07, 6.45) is 1.85. The van der Waals surface area contributed by atoms with Gasteiger partial charge in [0.1, 0.15) is 4.99 Å². The van der Waals surface area contributed by atoms with E-state index in [9.17, 15) is 0 Å². The number of benzene rings is 2. The van der Waals surface area contributed by atoms with Gasteiger partial charge in [0, 0.05) is 15.4 Å². The quantitative estimate of drug-likeness (QED) is 0.732. The zero-order chi connectivity index (χ0) is 13.4. The lowest BCUT2D eigenvalue weighted by molar-refractivity contribution is 0.910. The highest BCUT2D eigenvalue weighted by Crippen LogP contribution is 2.23. The van der Waals surface area contributed by atoms with Gasteiger partial charge in [0.05, 0.1) is 17.4 Å². The molecule has 5 heteroatoms. The topological polar surface area (TPSA) is 43.8 Å². The predicted molar refractivity (Wildman–Crippen MR) is 84.7 cm³/mol. The lowest BCUT2D eigenvalue weighted by Crippen LogP contribution is -2.10. The second-order valence-electron chi connectivity index (χ2n) is 4.14. The number of halogens is 1. The molecule has 0 saturated carbocycles. The molecule has 19 heavy (non-hydrogen) atoms. The summed E-state index contributed by atoms with van der Waals surface area (Å²) in [5.41, 5.74) is 8.51. The third kappa shape index (κ3) is 2.15. The minimum Gasteiger partial charge on any atom is -0.389 e. The molecule has 0 bridgehead atoms. The Kier molecular flexibility index (Phi) is 3.08. The van der Waals surface area contributed by atoms with Gasteiger partial charge >= 0.3 is 0 Å². The van der Waals surface area contributed by atoms with Crippen LogP contribution in [0.2, 0.25) is 0 Å². The molecule has 0 radical (unpaired) electrons. The van der Waals surface area contributed by atoms with E-state index in [1.54, 1.807) is 0 Å². The molecule has 0 fully saturated rings. The molecule has 0 aliphatic carbocycles. The van der Waals surface area contributed by atoms with Crippen molar-refractivity contribution in [3.8, 4) is 5.69 Å². The van der Waals surface area contributed by atoms with E-state index in [1.807, 2.05) is 53.3 Å². The number of hydrogen-bond donors (Lipinski definition) is 1. The van der Waals surface area contributed by atoms with Crippen molar-refractivity contribution in [2.24, 2.45) is 5.73 Å². The highest BCUT2D eigenvalue weighted by atomic mass is 79.9. The minimum atomic E-state index is 0.378. The van der Waals surface area contributed by atoms with Crippen LogP contribution < -0.4 is 5.73 Å². The fraction of sp³-hybridized carbons (Fsp3) is 0. The molecule has 2 aromatic carbocycles. The number of rotatable bonds is 2. The van der Waals surface area contributed by atoms with E-state index in [2.05, 4.69) is 21.0 Å². The van der Waals surface area contributed by atoms with Crippen LogP contribution in [0.5, 0.6) is 0 Å². The van der Waals surface area contributed by atoms with Crippen LogP contribution in [0.3, 0.4) is 0 Å². The van der Waals surface area contributed by atoms with Gasteiger partial charge in [0.15, 0.2) is 0 Å². The van der Waals surface area contributed by atoms with Gasteiger partial charge in [-0.05, 0) is 40.2 Å². The maximum Gasteiger partial charge on any atom is 0.105 e. The van der Waals surface area contributed by atoms with Crippen LogP contribution >= 0.6 is 28.1 Å². The molecule has 0 saturated heterocycles. The third-order valence-corrected chi connectivity index (χ3v) is 3.82. The average molecular weight is 332 g/mol. The summed E-state index contributed by atoms with van der Waals surface area (Å²) in [5.74, 6) is 0. The van der Waals surface area contributed by atoms with Crippen molar-refractivity contribution in [1.29, 1.82) is 0 Å². The summed E-state index contributed by atoms with van der Waals surface area (Å²) >= 11 is 8.48. The molecule has 0 amide bonds. The zero-order valence-corrected chi connectivity index (χ0v) is 12.3. The minimum absolute atomic E-state index is 0.378. The zero-order valence-electron chi connectivity index (χ0n) is 9.88. The molecule has 1 aromatic heterocycles. The van der Waals surface area contributed by atoms with Crippen molar-refractivity contribution in [3.05, 3.63) is 58.7 Å². The molecule has 0 aliphatic heterocycles. The van der Waals surface area contributed by atoms with Gasteiger partial charge in [-0.25, -0.2) is 4.68 Å². The Hall–Kier alpha value is -1.72.